The maximum Gasteiger partial charge on any atom is 0.433 e. The molecule has 1 amide bonds. The normalized spacial score (nSPS) is 23.3. The number of anilines is 1. The Balaban J connectivity index is 1.13. The number of nitrogens with zero attached hydrogens (tertiary/aromatic N) is 2. The lowest BCUT2D eigenvalue weighted by molar-refractivity contribution is -0.141. The number of amides is 1. The molecule has 3 aromatic rings. The molecule has 1 aliphatic carbocycles. The third-order valence-corrected chi connectivity index (χ3v) is 6.35. The van der Waals surface area contributed by atoms with Crippen LogP contribution in [0.3, 0.4) is 0 Å². The van der Waals surface area contributed by atoms with E-state index < -0.39 is 11.9 Å². The fourth-order valence-corrected chi connectivity index (χ4v) is 4.63. The smallest absolute Gasteiger partial charge is 0.368 e. The number of rotatable bonds is 5. The lowest BCUT2D eigenvalue weighted by Crippen LogP contribution is -2.37. The summed E-state index contributed by atoms with van der Waals surface area (Å²) in [5.74, 6) is 0.820. The van der Waals surface area contributed by atoms with E-state index >= 15 is 0 Å². The molecule has 0 radical (unpaired) electrons. The van der Waals surface area contributed by atoms with E-state index in [0.29, 0.717) is 37.0 Å². The number of pyridine rings is 1. The van der Waals surface area contributed by atoms with Gasteiger partial charge in [0.05, 0.1) is 11.9 Å². The standard InChI is InChI=1S/C23H23F3N4O/c24-23(25,26)21-6-5-16(11-28-21)30-8-7-15(13-30)29-22(31)10-14-9-18(14)19-12-27-20-4-2-1-3-17(19)20/h1-6,11-12,14-15,18,27H,7-10,13H2,(H,29,31)/t14-,15+,18-/m0/s1. The van der Waals surface area contributed by atoms with E-state index in [4.69, 9.17) is 0 Å². The highest BCUT2D eigenvalue weighted by atomic mass is 19.4. The fraction of sp³-hybridized carbons (Fsp3) is 0.391. The number of aromatic nitrogens is 2. The van der Waals surface area contributed by atoms with Gasteiger partial charge in [-0.05, 0) is 48.4 Å². The largest absolute Gasteiger partial charge is 0.433 e. The summed E-state index contributed by atoms with van der Waals surface area (Å²) in [5, 5.41) is 4.33. The first-order chi connectivity index (χ1) is 14.9. The molecule has 0 unspecified atom stereocenters. The summed E-state index contributed by atoms with van der Waals surface area (Å²) in [6.07, 6.45) is 1.16. The van der Waals surface area contributed by atoms with Crippen molar-refractivity contribution in [2.75, 3.05) is 18.0 Å². The Bertz CT molecular complexity index is 1090. The summed E-state index contributed by atoms with van der Waals surface area (Å²) < 4.78 is 38.0. The first-order valence-electron chi connectivity index (χ1n) is 10.5. The number of hydrogen-bond donors (Lipinski definition) is 2. The van der Waals surface area contributed by atoms with Crippen LogP contribution in [0.15, 0.2) is 48.8 Å². The van der Waals surface area contributed by atoms with Gasteiger partial charge in [-0.15, -0.1) is 0 Å². The van der Waals surface area contributed by atoms with Crippen LogP contribution in [-0.2, 0) is 11.0 Å². The van der Waals surface area contributed by atoms with Crippen LogP contribution in [0.25, 0.3) is 10.9 Å². The molecule has 2 fully saturated rings. The van der Waals surface area contributed by atoms with Gasteiger partial charge in [0.15, 0.2) is 0 Å². The summed E-state index contributed by atoms with van der Waals surface area (Å²) in [5.41, 5.74) is 2.16. The maximum atomic E-state index is 12.7. The Morgan fingerprint density at radius 1 is 1.23 bits per heavy atom. The Morgan fingerprint density at radius 3 is 2.84 bits per heavy atom. The second kappa shape index (κ2) is 7.59. The van der Waals surface area contributed by atoms with E-state index in [1.807, 2.05) is 17.0 Å². The summed E-state index contributed by atoms with van der Waals surface area (Å²) in [4.78, 5) is 21.3. The highest BCUT2D eigenvalue weighted by Gasteiger charge is 2.41. The average molecular weight is 428 g/mol. The van der Waals surface area contributed by atoms with Crippen LogP contribution in [-0.4, -0.2) is 35.0 Å². The highest BCUT2D eigenvalue weighted by molar-refractivity contribution is 5.84. The number of carbonyl (C=O) groups excluding carboxylic acids is 1. The first-order valence-corrected chi connectivity index (χ1v) is 10.5. The van der Waals surface area contributed by atoms with Gasteiger partial charge in [-0.3, -0.25) is 4.79 Å². The minimum atomic E-state index is -4.44. The van der Waals surface area contributed by atoms with Crippen molar-refractivity contribution in [3.8, 4) is 0 Å². The third kappa shape index (κ3) is 4.11. The third-order valence-electron chi connectivity index (χ3n) is 6.35. The Labute approximate surface area is 177 Å². The number of halogens is 3. The minimum absolute atomic E-state index is 0.0000754. The van der Waals surface area contributed by atoms with Crippen molar-refractivity contribution in [1.82, 2.24) is 15.3 Å². The molecular formula is C23H23F3N4O. The molecule has 2 aliphatic rings. The topological polar surface area (TPSA) is 61.0 Å². The van der Waals surface area contributed by atoms with Crippen molar-refractivity contribution in [3.05, 3.63) is 60.0 Å². The fourth-order valence-electron chi connectivity index (χ4n) is 4.63. The minimum Gasteiger partial charge on any atom is -0.368 e. The zero-order valence-electron chi connectivity index (χ0n) is 16.8. The number of H-pyrrole nitrogens is 1. The summed E-state index contributed by atoms with van der Waals surface area (Å²) in [7, 11) is 0. The predicted molar refractivity (Wildman–Crippen MR) is 112 cm³/mol. The molecule has 31 heavy (non-hydrogen) atoms. The number of aromatic amines is 1. The molecule has 0 bridgehead atoms. The summed E-state index contributed by atoms with van der Waals surface area (Å²) in [6, 6.07) is 10.6. The second-order valence-corrected chi connectivity index (χ2v) is 8.49. The van der Waals surface area contributed by atoms with Crippen molar-refractivity contribution in [2.45, 2.75) is 37.4 Å². The van der Waals surface area contributed by atoms with Gasteiger partial charge in [-0.2, -0.15) is 13.2 Å². The number of fused-ring (bicyclic) bond motifs is 1. The van der Waals surface area contributed by atoms with Crippen molar-refractivity contribution in [2.24, 2.45) is 5.92 Å². The Kier molecular flexibility index (Phi) is 4.87. The second-order valence-electron chi connectivity index (χ2n) is 8.49. The maximum absolute atomic E-state index is 12.7. The molecule has 3 heterocycles. The van der Waals surface area contributed by atoms with Crippen LogP contribution < -0.4 is 10.2 Å². The molecule has 162 valence electrons. The molecule has 1 saturated heterocycles. The molecule has 2 N–H and O–H groups in total. The van der Waals surface area contributed by atoms with Gasteiger partial charge in [0.25, 0.3) is 0 Å². The number of para-hydroxylation sites is 1. The Hall–Kier alpha value is -3.03. The zero-order valence-corrected chi connectivity index (χ0v) is 16.8. The van der Waals surface area contributed by atoms with Crippen LogP contribution >= 0.6 is 0 Å². The van der Waals surface area contributed by atoms with Gasteiger partial charge in [0, 0.05) is 42.7 Å². The van der Waals surface area contributed by atoms with Gasteiger partial charge in [0.2, 0.25) is 5.91 Å². The van der Waals surface area contributed by atoms with E-state index in [1.165, 1.54) is 23.2 Å². The van der Waals surface area contributed by atoms with Crippen LogP contribution in [0, 0.1) is 5.92 Å². The van der Waals surface area contributed by atoms with Crippen LogP contribution in [0.2, 0.25) is 0 Å². The summed E-state index contributed by atoms with van der Waals surface area (Å²) >= 11 is 0. The lowest BCUT2D eigenvalue weighted by Gasteiger charge is -2.19. The zero-order chi connectivity index (χ0) is 21.6. The van der Waals surface area contributed by atoms with Gasteiger partial charge in [0.1, 0.15) is 5.69 Å². The van der Waals surface area contributed by atoms with Gasteiger partial charge >= 0.3 is 6.18 Å². The molecule has 1 saturated carbocycles. The SMILES string of the molecule is O=C(C[C@@H]1C[C@@H]1c1c[nH]c2ccccc12)N[C@@H]1CCN(c2ccc(C(F)(F)F)nc2)C1. The molecule has 0 spiro atoms. The van der Waals surface area contributed by atoms with E-state index in [9.17, 15) is 18.0 Å². The van der Waals surface area contributed by atoms with E-state index in [-0.39, 0.29) is 11.9 Å². The first kappa shape index (κ1) is 19.9. The summed E-state index contributed by atoms with van der Waals surface area (Å²) in [6.45, 7) is 1.26. The van der Waals surface area contributed by atoms with Crippen molar-refractivity contribution in [3.63, 3.8) is 0 Å². The predicted octanol–water partition coefficient (Wildman–Crippen LogP) is 4.47. The molecule has 1 aliphatic heterocycles. The molecule has 5 rings (SSSR count). The van der Waals surface area contributed by atoms with Crippen LogP contribution in [0.5, 0.6) is 0 Å². The number of nitrogens with one attached hydrogen (secondary N) is 2. The number of hydrogen-bond acceptors (Lipinski definition) is 3. The molecule has 3 atom stereocenters. The average Bonchev–Trinajstić information content (AvgIpc) is 3.14. The van der Waals surface area contributed by atoms with Gasteiger partial charge in [-0.1, -0.05) is 18.2 Å². The number of alkyl halides is 3. The van der Waals surface area contributed by atoms with Gasteiger partial charge < -0.3 is 15.2 Å². The van der Waals surface area contributed by atoms with E-state index in [2.05, 4.69) is 33.6 Å². The quantitative estimate of drug-likeness (QED) is 0.630. The van der Waals surface area contributed by atoms with E-state index in [0.717, 1.165) is 24.4 Å². The molecular weight excluding hydrogens is 405 g/mol. The monoisotopic (exact) mass is 428 g/mol. The molecule has 5 nitrogen and oxygen atoms in total. The lowest BCUT2D eigenvalue weighted by atomic mass is 10.1. The van der Waals surface area contributed by atoms with Crippen LogP contribution in [0.1, 0.15) is 36.4 Å². The number of carbonyl (C=O) groups is 1. The Morgan fingerprint density at radius 2 is 2.06 bits per heavy atom. The van der Waals surface area contributed by atoms with Crippen molar-refractivity contribution >= 4 is 22.5 Å². The van der Waals surface area contributed by atoms with Crippen molar-refractivity contribution in [1.29, 1.82) is 0 Å². The number of benzene rings is 1. The van der Waals surface area contributed by atoms with Gasteiger partial charge in [-0.25, -0.2) is 4.98 Å². The van der Waals surface area contributed by atoms with E-state index in [1.54, 1.807) is 0 Å². The molecule has 1 aromatic carbocycles. The molecule has 8 heteroatoms. The highest BCUT2D eigenvalue weighted by Crippen LogP contribution is 2.51. The molecule has 2 aromatic heterocycles. The van der Waals surface area contributed by atoms with Crippen molar-refractivity contribution < 1.29 is 18.0 Å². The van der Waals surface area contributed by atoms with Crippen LogP contribution in [0.4, 0.5) is 18.9 Å².